The lowest BCUT2D eigenvalue weighted by atomic mass is 9.90. The van der Waals surface area contributed by atoms with E-state index in [1.807, 2.05) is 41.9 Å². The number of hydrogen-bond acceptors (Lipinski definition) is 4. The van der Waals surface area contributed by atoms with Crippen molar-refractivity contribution in [3.8, 4) is 27.4 Å². The average molecular weight is 350 g/mol. The van der Waals surface area contributed by atoms with Crippen molar-refractivity contribution in [1.82, 2.24) is 9.97 Å². The van der Waals surface area contributed by atoms with Crippen molar-refractivity contribution in [1.29, 1.82) is 0 Å². The zero-order chi connectivity index (χ0) is 17.1. The summed E-state index contributed by atoms with van der Waals surface area (Å²) in [6.45, 7) is 0. The van der Waals surface area contributed by atoms with E-state index in [0.717, 1.165) is 22.6 Å². The molecule has 0 N–H and O–H groups in total. The Bertz CT molecular complexity index is 821. The van der Waals surface area contributed by atoms with Gasteiger partial charge in [-0.15, -0.1) is 11.3 Å². The summed E-state index contributed by atoms with van der Waals surface area (Å²) in [5, 5.41) is 1.28. The van der Waals surface area contributed by atoms with E-state index in [1.165, 1.54) is 42.0 Å². The van der Waals surface area contributed by atoms with E-state index in [0.29, 0.717) is 5.92 Å². The number of rotatable bonds is 4. The van der Waals surface area contributed by atoms with Crippen LogP contribution in [0.25, 0.3) is 21.7 Å². The lowest BCUT2D eigenvalue weighted by Crippen LogP contribution is -2.03. The molecule has 0 saturated heterocycles. The molecule has 0 radical (unpaired) electrons. The van der Waals surface area contributed by atoms with E-state index in [2.05, 4.69) is 23.2 Å². The topological polar surface area (TPSA) is 35.0 Å². The van der Waals surface area contributed by atoms with Crippen LogP contribution < -0.4 is 4.74 Å². The van der Waals surface area contributed by atoms with Gasteiger partial charge in [-0.2, -0.15) is 0 Å². The molecule has 0 bridgehead atoms. The van der Waals surface area contributed by atoms with Crippen LogP contribution >= 0.6 is 11.3 Å². The first kappa shape index (κ1) is 16.3. The molecule has 0 atom stereocenters. The van der Waals surface area contributed by atoms with Gasteiger partial charge in [0.2, 0.25) is 0 Å². The summed E-state index contributed by atoms with van der Waals surface area (Å²) < 4.78 is 5.29. The highest BCUT2D eigenvalue weighted by atomic mass is 32.1. The molecule has 3 aromatic rings. The Kier molecular flexibility index (Phi) is 4.79. The van der Waals surface area contributed by atoms with Crippen molar-refractivity contribution < 1.29 is 4.74 Å². The molecule has 25 heavy (non-hydrogen) atoms. The molecule has 1 aromatic carbocycles. The van der Waals surface area contributed by atoms with Crippen molar-refractivity contribution in [2.45, 2.75) is 38.0 Å². The van der Waals surface area contributed by atoms with Crippen molar-refractivity contribution in [3.63, 3.8) is 0 Å². The highest BCUT2D eigenvalue weighted by Crippen LogP contribution is 2.42. The first-order valence-corrected chi connectivity index (χ1v) is 9.72. The van der Waals surface area contributed by atoms with E-state index >= 15 is 0 Å². The average Bonchev–Trinajstić information content (AvgIpc) is 3.15. The van der Waals surface area contributed by atoms with Crippen LogP contribution in [-0.4, -0.2) is 17.1 Å². The largest absolute Gasteiger partial charge is 0.497 e. The quantitative estimate of drug-likeness (QED) is 0.585. The first-order valence-electron chi connectivity index (χ1n) is 8.90. The monoisotopic (exact) mass is 350 g/mol. The maximum atomic E-state index is 5.29. The summed E-state index contributed by atoms with van der Waals surface area (Å²) in [4.78, 5) is 10.6. The third-order valence-corrected chi connectivity index (χ3v) is 6.15. The minimum atomic E-state index is 0.612. The normalized spacial score (nSPS) is 15.2. The SMILES string of the molecule is COc1ccc(-c2nc(C3CCCCC3)sc2-c2cccnc2)cc1. The van der Waals surface area contributed by atoms with Crippen LogP contribution in [0.1, 0.15) is 43.0 Å². The van der Waals surface area contributed by atoms with Gasteiger partial charge in [0.05, 0.1) is 22.7 Å². The lowest BCUT2D eigenvalue weighted by Gasteiger charge is -2.18. The molecular formula is C21H22N2OS. The van der Waals surface area contributed by atoms with Crippen LogP contribution in [0.5, 0.6) is 5.75 Å². The summed E-state index contributed by atoms with van der Waals surface area (Å²) in [6, 6.07) is 12.3. The fourth-order valence-corrected chi connectivity index (χ4v) is 4.75. The molecule has 0 spiro atoms. The molecule has 128 valence electrons. The minimum Gasteiger partial charge on any atom is -0.497 e. The third-order valence-electron chi connectivity index (χ3n) is 4.89. The van der Waals surface area contributed by atoms with Crippen LogP contribution in [-0.2, 0) is 0 Å². The molecule has 0 aliphatic heterocycles. The van der Waals surface area contributed by atoms with Crippen LogP contribution in [0.15, 0.2) is 48.8 Å². The predicted octanol–water partition coefficient (Wildman–Crippen LogP) is 5.93. The molecule has 1 aliphatic rings. The van der Waals surface area contributed by atoms with Gasteiger partial charge >= 0.3 is 0 Å². The number of ether oxygens (including phenoxy) is 1. The van der Waals surface area contributed by atoms with Crippen molar-refractivity contribution >= 4 is 11.3 Å². The number of nitrogens with zero attached hydrogens (tertiary/aromatic N) is 2. The van der Waals surface area contributed by atoms with Gasteiger partial charge in [0, 0.05) is 29.4 Å². The highest BCUT2D eigenvalue weighted by molar-refractivity contribution is 7.15. The molecule has 0 amide bonds. The van der Waals surface area contributed by atoms with Gasteiger partial charge in [0.1, 0.15) is 5.75 Å². The number of hydrogen-bond donors (Lipinski definition) is 0. The summed E-state index contributed by atoms with van der Waals surface area (Å²) in [5.41, 5.74) is 3.35. The molecular weight excluding hydrogens is 328 g/mol. The molecule has 4 heteroatoms. The third kappa shape index (κ3) is 3.45. The molecule has 1 aliphatic carbocycles. The Hall–Kier alpha value is -2.20. The van der Waals surface area contributed by atoms with Crippen molar-refractivity contribution in [3.05, 3.63) is 53.8 Å². The first-order chi connectivity index (χ1) is 12.3. The maximum absolute atomic E-state index is 5.29. The lowest BCUT2D eigenvalue weighted by molar-refractivity contribution is 0.415. The van der Waals surface area contributed by atoms with E-state index < -0.39 is 0 Å². The van der Waals surface area contributed by atoms with E-state index in [-0.39, 0.29) is 0 Å². The smallest absolute Gasteiger partial charge is 0.118 e. The number of aromatic nitrogens is 2. The Morgan fingerprint density at radius 2 is 1.80 bits per heavy atom. The van der Waals surface area contributed by atoms with Gasteiger partial charge in [0.15, 0.2) is 0 Å². The molecule has 2 aromatic heterocycles. The Morgan fingerprint density at radius 3 is 2.48 bits per heavy atom. The molecule has 4 rings (SSSR count). The van der Waals surface area contributed by atoms with E-state index in [4.69, 9.17) is 9.72 Å². The second-order valence-corrected chi connectivity index (χ2v) is 7.57. The Balaban J connectivity index is 1.78. The van der Waals surface area contributed by atoms with Crippen LogP contribution in [0.2, 0.25) is 0 Å². The molecule has 0 unspecified atom stereocenters. The Labute approximate surface area is 152 Å². The maximum Gasteiger partial charge on any atom is 0.118 e. The molecule has 1 fully saturated rings. The number of pyridine rings is 1. The zero-order valence-corrected chi connectivity index (χ0v) is 15.3. The number of thiazole rings is 1. The summed E-state index contributed by atoms with van der Waals surface area (Å²) in [7, 11) is 1.69. The van der Waals surface area contributed by atoms with E-state index in [1.54, 1.807) is 7.11 Å². The number of benzene rings is 1. The van der Waals surface area contributed by atoms with Crippen molar-refractivity contribution in [2.24, 2.45) is 0 Å². The fraction of sp³-hybridized carbons (Fsp3) is 0.333. The van der Waals surface area contributed by atoms with Crippen LogP contribution in [0.3, 0.4) is 0 Å². The van der Waals surface area contributed by atoms with Crippen molar-refractivity contribution in [2.75, 3.05) is 7.11 Å². The summed E-state index contributed by atoms with van der Waals surface area (Å²) in [6.07, 6.45) is 10.3. The van der Waals surface area contributed by atoms with Crippen LogP contribution in [0, 0.1) is 0 Å². The number of methoxy groups -OCH3 is 1. The highest BCUT2D eigenvalue weighted by Gasteiger charge is 2.22. The van der Waals surface area contributed by atoms with Gasteiger partial charge in [-0.25, -0.2) is 4.98 Å². The van der Waals surface area contributed by atoms with Gasteiger partial charge in [-0.3, -0.25) is 4.98 Å². The standard InChI is InChI=1S/C21H22N2OS/c1-24-18-11-9-15(10-12-18)19-20(17-8-5-13-22-14-17)25-21(23-19)16-6-3-2-4-7-16/h5,8-14,16H,2-4,6-7H2,1H3. The predicted molar refractivity (Wildman–Crippen MR) is 103 cm³/mol. The van der Waals surface area contributed by atoms with Gasteiger partial charge in [0.25, 0.3) is 0 Å². The molecule has 3 nitrogen and oxygen atoms in total. The molecule has 1 saturated carbocycles. The van der Waals surface area contributed by atoms with Gasteiger partial charge in [-0.1, -0.05) is 25.3 Å². The van der Waals surface area contributed by atoms with Gasteiger partial charge in [-0.05, 0) is 43.2 Å². The van der Waals surface area contributed by atoms with Crippen LogP contribution in [0.4, 0.5) is 0 Å². The second kappa shape index (κ2) is 7.36. The molecule has 2 heterocycles. The van der Waals surface area contributed by atoms with E-state index in [9.17, 15) is 0 Å². The Morgan fingerprint density at radius 1 is 1.00 bits per heavy atom. The summed E-state index contributed by atoms with van der Waals surface area (Å²) >= 11 is 1.84. The van der Waals surface area contributed by atoms with Gasteiger partial charge < -0.3 is 4.74 Å². The second-order valence-electron chi connectivity index (χ2n) is 6.53. The fourth-order valence-electron chi connectivity index (χ4n) is 3.50. The summed E-state index contributed by atoms with van der Waals surface area (Å²) in [5.74, 6) is 1.48. The zero-order valence-electron chi connectivity index (χ0n) is 14.4. The minimum absolute atomic E-state index is 0.612.